The lowest BCUT2D eigenvalue weighted by molar-refractivity contribution is -0.0700. The molecule has 9 heteroatoms. The van der Waals surface area contributed by atoms with Crippen molar-refractivity contribution < 1.29 is 13.2 Å². The summed E-state index contributed by atoms with van der Waals surface area (Å²) in [6.07, 6.45) is 2.67. The number of hydrogen-bond donors (Lipinski definition) is 1. The minimum absolute atomic E-state index is 0.00722. The topological polar surface area (TPSA) is 101 Å². The summed E-state index contributed by atoms with van der Waals surface area (Å²) in [6, 6.07) is 0. The fourth-order valence-electron chi connectivity index (χ4n) is 3.01. The van der Waals surface area contributed by atoms with E-state index in [-0.39, 0.29) is 23.5 Å². The Hall–Kier alpha value is -1.06. The maximum atomic E-state index is 12.0. The zero-order valence-electron chi connectivity index (χ0n) is 16.5. The zero-order valence-corrected chi connectivity index (χ0v) is 17.3. The van der Waals surface area contributed by atoms with Crippen LogP contribution < -0.4 is 0 Å². The molecule has 0 spiro atoms. The molecule has 2 unspecified atom stereocenters. The highest BCUT2D eigenvalue weighted by molar-refractivity contribution is 7.88. The van der Waals surface area contributed by atoms with Crippen LogP contribution in [0.15, 0.2) is 0 Å². The Labute approximate surface area is 151 Å². The molecule has 0 aromatic carbocycles. The maximum absolute atomic E-state index is 12.0. The number of H-pyrrole nitrogens is 1. The van der Waals surface area contributed by atoms with Crippen LogP contribution in [0.3, 0.4) is 0 Å². The van der Waals surface area contributed by atoms with Crippen LogP contribution in [0.5, 0.6) is 0 Å². The van der Waals surface area contributed by atoms with Crippen LogP contribution in [0.2, 0.25) is 0 Å². The number of sulfonamides is 1. The first-order valence-corrected chi connectivity index (χ1v) is 10.7. The van der Waals surface area contributed by atoms with Gasteiger partial charge in [-0.3, -0.25) is 0 Å². The molecule has 146 valence electrons. The first-order chi connectivity index (χ1) is 11.5. The Kier molecular flexibility index (Phi) is 7.95. The van der Waals surface area contributed by atoms with Gasteiger partial charge in [-0.25, -0.2) is 8.42 Å². The van der Waals surface area contributed by atoms with Crippen molar-refractivity contribution in [2.75, 3.05) is 19.3 Å². The number of ether oxygens (including phenoxy) is 1. The van der Waals surface area contributed by atoms with Gasteiger partial charge in [0.05, 0.1) is 18.5 Å². The smallest absolute Gasteiger partial charge is 0.211 e. The number of rotatable bonds is 11. The van der Waals surface area contributed by atoms with Gasteiger partial charge in [-0.05, 0) is 32.1 Å². The number of aromatic amines is 1. The molecule has 0 aliphatic heterocycles. The highest BCUT2D eigenvalue weighted by Gasteiger charge is 2.37. The van der Waals surface area contributed by atoms with E-state index < -0.39 is 10.0 Å². The van der Waals surface area contributed by atoms with Gasteiger partial charge in [0.15, 0.2) is 5.82 Å². The van der Waals surface area contributed by atoms with Crippen molar-refractivity contribution in [1.29, 1.82) is 0 Å². The maximum Gasteiger partial charge on any atom is 0.211 e. The lowest BCUT2D eigenvalue weighted by atomic mass is 9.76. The van der Waals surface area contributed by atoms with E-state index in [0.717, 1.165) is 12.8 Å². The van der Waals surface area contributed by atoms with E-state index in [0.29, 0.717) is 18.9 Å². The molecule has 1 heterocycles. The van der Waals surface area contributed by atoms with Gasteiger partial charge in [0, 0.05) is 19.0 Å². The Morgan fingerprint density at radius 2 is 1.92 bits per heavy atom. The molecule has 0 fully saturated rings. The second-order valence-electron chi connectivity index (χ2n) is 7.45. The molecule has 2 atom stereocenters. The standard InChI is InChI=1S/C16H33N5O3S/c1-8-13(15-17-19-20-18-15)10-16(5,6)14(24-12(3)4)11-21(9-2)25(7,22)23/h12-14H,8-11H2,1-7H3,(H,17,18,19,20). The number of hydrogen-bond acceptors (Lipinski definition) is 6. The average Bonchev–Trinajstić information content (AvgIpc) is 3.01. The van der Waals surface area contributed by atoms with Crippen LogP contribution in [-0.2, 0) is 14.8 Å². The van der Waals surface area contributed by atoms with Gasteiger partial charge in [-0.2, -0.15) is 9.52 Å². The number of nitrogens with zero attached hydrogens (tertiary/aromatic N) is 4. The summed E-state index contributed by atoms with van der Waals surface area (Å²) in [4.78, 5) is 0. The molecule has 1 N–H and O–H groups in total. The van der Waals surface area contributed by atoms with Crippen LogP contribution in [-0.4, -0.2) is 64.9 Å². The Morgan fingerprint density at radius 1 is 1.28 bits per heavy atom. The normalized spacial score (nSPS) is 15.7. The van der Waals surface area contributed by atoms with Gasteiger partial charge in [0.1, 0.15) is 0 Å². The molecule has 0 saturated carbocycles. The highest BCUT2D eigenvalue weighted by Crippen LogP contribution is 2.37. The predicted molar refractivity (Wildman–Crippen MR) is 97.7 cm³/mol. The first kappa shape index (κ1) is 22.0. The number of aromatic nitrogens is 4. The van der Waals surface area contributed by atoms with Crippen LogP contribution in [0.25, 0.3) is 0 Å². The van der Waals surface area contributed by atoms with E-state index in [2.05, 4.69) is 41.4 Å². The predicted octanol–water partition coefficient (Wildman–Crippen LogP) is 2.18. The molecule has 0 radical (unpaired) electrons. The minimum atomic E-state index is -3.27. The van der Waals surface area contributed by atoms with E-state index in [1.165, 1.54) is 10.6 Å². The van der Waals surface area contributed by atoms with Crippen molar-refractivity contribution in [2.45, 2.75) is 72.5 Å². The summed E-state index contributed by atoms with van der Waals surface area (Å²) in [5.74, 6) is 0.828. The minimum Gasteiger partial charge on any atom is -0.374 e. The third-order valence-corrected chi connectivity index (χ3v) is 5.84. The van der Waals surface area contributed by atoms with Crippen LogP contribution in [0, 0.1) is 5.41 Å². The van der Waals surface area contributed by atoms with Gasteiger partial charge in [0.2, 0.25) is 10.0 Å². The summed E-state index contributed by atoms with van der Waals surface area (Å²) in [7, 11) is -3.27. The van der Waals surface area contributed by atoms with Crippen molar-refractivity contribution in [2.24, 2.45) is 5.41 Å². The van der Waals surface area contributed by atoms with Gasteiger partial charge in [0.25, 0.3) is 0 Å². The van der Waals surface area contributed by atoms with Crippen molar-refractivity contribution in [3.8, 4) is 0 Å². The molecular formula is C16H33N5O3S. The lowest BCUT2D eigenvalue weighted by Gasteiger charge is -2.39. The third kappa shape index (κ3) is 6.63. The number of nitrogens with one attached hydrogen (secondary N) is 1. The highest BCUT2D eigenvalue weighted by atomic mass is 32.2. The third-order valence-electron chi connectivity index (χ3n) is 4.49. The fraction of sp³-hybridized carbons (Fsp3) is 0.938. The summed E-state index contributed by atoms with van der Waals surface area (Å²) < 4.78 is 31.6. The lowest BCUT2D eigenvalue weighted by Crippen LogP contribution is -2.46. The van der Waals surface area contributed by atoms with E-state index in [1.54, 1.807) is 0 Å². The molecule has 0 bridgehead atoms. The van der Waals surface area contributed by atoms with Crippen LogP contribution >= 0.6 is 0 Å². The summed E-state index contributed by atoms with van der Waals surface area (Å²) in [5.41, 5.74) is -0.260. The van der Waals surface area contributed by atoms with Crippen LogP contribution in [0.4, 0.5) is 0 Å². The van der Waals surface area contributed by atoms with Crippen LogP contribution in [0.1, 0.15) is 66.1 Å². The SMILES string of the molecule is CCC(CC(C)(C)C(CN(CC)S(C)(=O)=O)OC(C)C)c1nn[nH]n1. The number of tetrazole rings is 1. The molecule has 0 aliphatic carbocycles. The Balaban J connectivity index is 3.01. The van der Waals surface area contributed by atoms with Gasteiger partial charge in [-0.15, -0.1) is 10.2 Å². The summed E-state index contributed by atoms with van der Waals surface area (Å²) in [5, 5.41) is 14.4. The van der Waals surface area contributed by atoms with E-state index >= 15 is 0 Å². The quantitative estimate of drug-likeness (QED) is 0.636. The monoisotopic (exact) mass is 375 g/mol. The average molecular weight is 376 g/mol. The fourth-order valence-corrected chi connectivity index (χ4v) is 3.89. The molecule has 0 saturated heterocycles. The van der Waals surface area contributed by atoms with Crippen molar-refractivity contribution in [1.82, 2.24) is 24.9 Å². The molecule has 1 aromatic heterocycles. The van der Waals surface area contributed by atoms with E-state index in [9.17, 15) is 8.42 Å². The first-order valence-electron chi connectivity index (χ1n) is 8.85. The molecule has 1 rings (SSSR count). The Morgan fingerprint density at radius 3 is 2.32 bits per heavy atom. The molecule has 0 amide bonds. The second kappa shape index (κ2) is 9.05. The molecular weight excluding hydrogens is 342 g/mol. The summed E-state index contributed by atoms with van der Waals surface area (Å²) in [6.45, 7) is 12.8. The molecule has 0 aliphatic rings. The molecule has 25 heavy (non-hydrogen) atoms. The van der Waals surface area contributed by atoms with Crippen molar-refractivity contribution in [3.05, 3.63) is 5.82 Å². The second-order valence-corrected chi connectivity index (χ2v) is 9.44. The molecule has 1 aromatic rings. The zero-order chi connectivity index (χ0) is 19.3. The Bertz CT molecular complexity index is 601. The largest absolute Gasteiger partial charge is 0.374 e. The van der Waals surface area contributed by atoms with E-state index in [1.807, 2.05) is 20.8 Å². The van der Waals surface area contributed by atoms with Gasteiger partial charge in [-0.1, -0.05) is 32.9 Å². The molecule has 8 nitrogen and oxygen atoms in total. The van der Waals surface area contributed by atoms with Gasteiger partial charge >= 0.3 is 0 Å². The van der Waals surface area contributed by atoms with E-state index in [4.69, 9.17) is 4.74 Å². The van der Waals surface area contributed by atoms with Crippen molar-refractivity contribution >= 4 is 10.0 Å². The van der Waals surface area contributed by atoms with Crippen molar-refractivity contribution in [3.63, 3.8) is 0 Å². The van der Waals surface area contributed by atoms with Gasteiger partial charge < -0.3 is 4.74 Å². The number of likely N-dealkylation sites (N-methyl/N-ethyl adjacent to an activating group) is 1. The summed E-state index contributed by atoms with van der Waals surface area (Å²) >= 11 is 0.